The number of anilines is 1. The molecule has 1 saturated heterocycles. The van der Waals surface area contributed by atoms with Crippen LogP contribution in [-0.4, -0.2) is 31.7 Å². The molecule has 5 nitrogen and oxygen atoms in total. The Labute approximate surface area is 120 Å². The highest BCUT2D eigenvalue weighted by Crippen LogP contribution is 2.22. The van der Waals surface area contributed by atoms with Crippen LogP contribution in [0.1, 0.15) is 26.7 Å². The summed E-state index contributed by atoms with van der Waals surface area (Å²) in [4.78, 5) is 11.8. The standard InChI is InChI=1S/C14H20N2O3S/c1-11(2)14(17)15-12-5-7-13(8-6-12)20(18,19)16-9-3-4-10-16/h5-8,11H,3-4,9-10H2,1-2H3,(H,15,17). The minimum Gasteiger partial charge on any atom is -0.326 e. The van der Waals surface area contributed by atoms with E-state index in [1.54, 1.807) is 24.3 Å². The Kier molecular flexibility index (Phi) is 4.45. The lowest BCUT2D eigenvalue weighted by Crippen LogP contribution is -2.27. The van der Waals surface area contributed by atoms with E-state index < -0.39 is 10.0 Å². The van der Waals surface area contributed by atoms with Gasteiger partial charge in [-0.3, -0.25) is 4.79 Å². The monoisotopic (exact) mass is 296 g/mol. The molecule has 1 aromatic carbocycles. The minimum atomic E-state index is -3.38. The van der Waals surface area contributed by atoms with Crippen molar-refractivity contribution in [3.05, 3.63) is 24.3 Å². The Morgan fingerprint density at radius 2 is 1.70 bits per heavy atom. The SMILES string of the molecule is CC(C)C(=O)Nc1ccc(S(=O)(=O)N2CCCC2)cc1. The van der Waals surface area contributed by atoms with Gasteiger partial charge in [0.2, 0.25) is 15.9 Å². The van der Waals surface area contributed by atoms with Crippen LogP contribution in [0, 0.1) is 5.92 Å². The van der Waals surface area contributed by atoms with Crippen LogP contribution >= 0.6 is 0 Å². The molecule has 0 bridgehead atoms. The molecule has 0 spiro atoms. The molecule has 1 aliphatic heterocycles. The largest absolute Gasteiger partial charge is 0.326 e. The van der Waals surface area contributed by atoms with E-state index in [1.807, 2.05) is 13.8 Å². The van der Waals surface area contributed by atoms with Crippen molar-refractivity contribution in [2.24, 2.45) is 5.92 Å². The molecular weight excluding hydrogens is 276 g/mol. The number of nitrogens with zero attached hydrogens (tertiary/aromatic N) is 1. The molecule has 0 aliphatic carbocycles. The van der Waals surface area contributed by atoms with Gasteiger partial charge in [0.25, 0.3) is 0 Å². The normalized spacial score (nSPS) is 16.6. The van der Waals surface area contributed by atoms with Gasteiger partial charge >= 0.3 is 0 Å². The lowest BCUT2D eigenvalue weighted by Gasteiger charge is -2.15. The summed E-state index contributed by atoms with van der Waals surface area (Å²) < 4.78 is 26.1. The van der Waals surface area contributed by atoms with Crippen LogP contribution in [0.4, 0.5) is 5.69 Å². The molecule has 0 unspecified atom stereocenters. The lowest BCUT2D eigenvalue weighted by atomic mass is 10.2. The van der Waals surface area contributed by atoms with Crippen molar-refractivity contribution in [1.82, 2.24) is 4.31 Å². The fourth-order valence-corrected chi connectivity index (χ4v) is 3.59. The maximum Gasteiger partial charge on any atom is 0.243 e. The van der Waals surface area contributed by atoms with Gasteiger partial charge in [-0.05, 0) is 37.1 Å². The molecule has 6 heteroatoms. The van der Waals surface area contributed by atoms with Gasteiger partial charge in [-0.2, -0.15) is 4.31 Å². The zero-order valence-corrected chi connectivity index (χ0v) is 12.6. The number of hydrogen-bond acceptors (Lipinski definition) is 3. The number of nitrogens with one attached hydrogen (secondary N) is 1. The van der Waals surface area contributed by atoms with Crippen molar-refractivity contribution in [2.45, 2.75) is 31.6 Å². The average molecular weight is 296 g/mol. The maximum absolute atomic E-state index is 12.3. The van der Waals surface area contributed by atoms with Gasteiger partial charge in [-0.15, -0.1) is 0 Å². The van der Waals surface area contributed by atoms with Crippen molar-refractivity contribution < 1.29 is 13.2 Å². The van der Waals surface area contributed by atoms with Crippen molar-refractivity contribution in [1.29, 1.82) is 0 Å². The van der Waals surface area contributed by atoms with Gasteiger partial charge in [0.1, 0.15) is 0 Å². The van der Waals surface area contributed by atoms with Crippen LogP contribution in [0.25, 0.3) is 0 Å². The number of carbonyl (C=O) groups excluding carboxylic acids is 1. The second-order valence-corrected chi connectivity index (χ2v) is 7.22. The maximum atomic E-state index is 12.3. The highest BCUT2D eigenvalue weighted by molar-refractivity contribution is 7.89. The van der Waals surface area contributed by atoms with Crippen molar-refractivity contribution >= 4 is 21.6 Å². The summed E-state index contributed by atoms with van der Waals surface area (Å²) in [7, 11) is -3.38. The molecule has 1 aliphatic rings. The molecule has 1 amide bonds. The smallest absolute Gasteiger partial charge is 0.243 e. The first kappa shape index (κ1) is 15.0. The molecule has 1 aromatic rings. The second kappa shape index (κ2) is 5.93. The Morgan fingerprint density at radius 1 is 1.15 bits per heavy atom. The fourth-order valence-electron chi connectivity index (χ4n) is 2.07. The van der Waals surface area contributed by atoms with Crippen molar-refractivity contribution in [3.63, 3.8) is 0 Å². The number of sulfonamides is 1. The second-order valence-electron chi connectivity index (χ2n) is 5.28. The molecule has 1 fully saturated rings. The van der Waals surface area contributed by atoms with Gasteiger partial charge in [-0.1, -0.05) is 13.8 Å². The molecule has 0 aromatic heterocycles. The van der Waals surface area contributed by atoms with E-state index in [2.05, 4.69) is 5.32 Å². The highest BCUT2D eigenvalue weighted by Gasteiger charge is 2.26. The zero-order chi connectivity index (χ0) is 14.8. The summed E-state index contributed by atoms with van der Waals surface area (Å²) in [6.45, 7) is 4.80. The number of rotatable bonds is 4. The molecule has 0 radical (unpaired) electrons. The van der Waals surface area contributed by atoms with Gasteiger partial charge < -0.3 is 5.32 Å². The van der Waals surface area contributed by atoms with E-state index in [0.717, 1.165) is 12.8 Å². The van der Waals surface area contributed by atoms with Crippen LogP contribution in [-0.2, 0) is 14.8 Å². The van der Waals surface area contributed by atoms with E-state index >= 15 is 0 Å². The number of hydrogen-bond donors (Lipinski definition) is 1. The molecular formula is C14H20N2O3S. The van der Waals surface area contributed by atoms with Crippen molar-refractivity contribution in [3.8, 4) is 0 Å². The molecule has 20 heavy (non-hydrogen) atoms. The third-order valence-corrected chi connectivity index (χ3v) is 5.26. The lowest BCUT2D eigenvalue weighted by molar-refractivity contribution is -0.118. The summed E-state index contributed by atoms with van der Waals surface area (Å²) in [6, 6.07) is 6.35. The molecule has 2 rings (SSSR count). The van der Waals surface area contributed by atoms with Gasteiger partial charge in [0.05, 0.1) is 4.90 Å². The molecule has 0 atom stereocenters. The molecule has 1 N–H and O–H groups in total. The average Bonchev–Trinajstić information content (AvgIpc) is 2.93. The van der Waals surface area contributed by atoms with E-state index in [1.165, 1.54) is 4.31 Å². The van der Waals surface area contributed by atoms with Crippen LogP contribution in [0.15, 0.2) is 29.2 Å². The summed E-state index contributed by atoms with van der Waals surface area (Å²) in [5.41, 5.74) is 0.615. The third kappa shape index (κ3) is 3.19. The van der Waals surface area contributed by atoms with Crippen LogP contribution in [0.3, 0.4) is 0 Å². The van der Waals surface area contributed by atoms with Crippen molar-refractivity contribution in [2.75, 3.05) is 18.4 Å². The fraction of sp³-hybridized carbons (Fsp3) is 0.500. The summed E-state index contributed by atoms with van der Waals surface area (Å²) in [5, 5.41) is 2.74. The Bertz CT molecular complexity index is 573. The molecule has 0 saturated carbocycles. The summed E-state index contributed by atoms with van der Waals surface area (Å²) in [5.74, 6) is -0.192. The predicted octanol–water partition coefficient (Wildman–Crippen LogP) is 2.07. The zero-order valence-electron chi connectivity index (χ0n) is 11.8. The van der Waals surface area contributed by atoms with E-state index in [4.69, 9.17) is 0 Å². The minimum absolute atomic E-state index is 0.0832. The Morgan fingerprint density at radius 3 is 2.20 bits per heavy atom. The van der Waals surface area contributed by atoms with E-state index in [0.29, 0.717) is 18.8 Å². The topological polar surface area (TPSA) is 66.5 Å². The van der Waals surface area contributed by atoms with E-state index in [-0.39, 0.29) is 16.7 Å². The highest BCUT2D eigenvalue weighted by atomic mass is 32.2. The third-order valence-electron chi connectivity index (χ3n) is 3.35. The Balaban J connectivity index is 2.13. The van der Waals surface area contributed by atoms with Gasteiger partial charge in [0, 0.05) is 24.7 Å². The van der Waals surface area contributed by atoms with Crippen LogP contribution < -0.4 is 5.32 Å². The summed E-state index contributed by atoms with van der Waals surface area (Å²) >= 11 is 0. The summed E-state index contributed by atoms with van der Waals surface area (Å²) in [6.07, 6.45) is 1.84. The molecule has 1 heterocycles. The predicted molar refractivity (Wildman–Crippen MR) is 77.9 cm³/mol. The van der Waals surface area contributed by atoms with Gasteiger partial charge in [0.15, 0.2) is 0 Å². The van der Waals surface area contributed by atoms with Crippen LogP contribution in [0.2, 0.25) is 0 Å². The van der Waals surface area contributed by atoms with Crippen LogP contribution in [0.5, 0.6) is 0 Å². The first-order valence-corrected chi connectivity index (χ1v) is 8.26. The number of amides is 1. The molecule has 110 valence electrons. The quantitative estimate of drug-likeness (QED) is 0.925. The number of carbonyl (C=O) groups is 1. The Hall–Kier alpha value is -1.40. The number of benzene rings is 1. The first-order valence-electron chi connectivity index (χ1n) is 6.82. The van der Waals surface area contributed by atoms with E-state index in [9.17, 15) is 13.2 Å². The first-order chi connectivity index (χ1) is 9.41. The van der Waals surface area contributed by atoms with Gasteiger partial charge in [-0.25, -0.2) is 8.42 Å².